The molecule has 172 valence electrons. The van der Waals surface area contributed by atoms with Crippen LogP contribution in [-0.4, -0.2) is 54.6 Å². The van der Waals surface area contributed by atoms with E-state index in [0.29, 0.717) is 11.1 Å². The number of methoxy groups -OCH3 is 1. The van der Waals surface area contributed by atoms with E-state index in [1.165, 1.54) is 19.4 Å². The Hall–Kier alpha value is -3.11. The van der Waals surface area contributed by atoms with Gasteiger partial charge in [0.05, 0.1) is 25.7 Å². The molecule has 4 N–H and O–H groups in total. The number of carbonyl (C=O) groups excluding carboxylic acids is 2. The van der Waals surface area contributed by atoms with Crippen molar-refractivity contribution < 1.29 is 23.1 Å². The van der Waals surface area contributed by atoms with E-state index in [0.717, 1.165) is 16.0 Å². The molecule has 32 heavy (non-hydrogen) atoms. The van der Waals surface area contributed by atoms with Crippen LogP contribution in [0.15, 0.2) is 36.5 Å². The third kappa shape index (κ3) is 5.57. The van der Waals surface area contributed by atoms with Gasteiger partial charge in [-0.3, -0.25) is 4.79 Å². The first-order chi connectivity index (χ1) is 15.1. The summed E-state index contributed by atoms with van der Waals surface area (Å²) in [6, 6.07) is 6.44. The second-order valence-electron chi connectivity index (χ2n) is 7.98. The maximum absolute atomic E-state index is 13.9. The lowest BCUT2D eigenvalue weighted by molar-refractivity contribution is -0.117. The second kappa shape index (κ2) is 9.58. The van der Waals surface area contributed by atoms with Crippen molar-refractivity contribution in [2.45, 2.75) is 31.9 Å². The first-order valence-corrected chi connectivity index (χ1v) is 10.1. The Morgan fingerprint density at radius 1 is 1.28 bits per heavy atom. The number of pyridine rings is 1. The van der Waals surface area contributed by atoms with Crippen LogP contribution >= 0.6 is 0 Å². The minimum Gasteiger partial charge on any atom is -0.382 e. The van der Waals surface area contributed by atoms with Crippen LogP contribution in [0.25, 0.3) is 0 Å². The first-order valence-electron chi connectivity index (χ1n) is 10.1. The summed E-state index contributed by atoms with van der Waals surface area (Å²) in [7, 11) is 1.42. The molecular weight excluding hydrogens is 420 g/mol. The number of nitrogens with zero attached hydrogens (tertiary/aromatic N) is 2. The van der Waals surface area contributed by atoms with Crippen molar-refractivity contribution in [3.05, 3.63) is 58.8 Å². The van der Waals surface area contributed by atoms with E-state index < -0.39 is 43.0 Å². The maximum Gasteiger partial charge on any atom is 0.318 e. The molecule has 0 spiro atoms. The number of urea groups is 1. The number of aryl methyl sites for hydroxylation is 2. The van der Waals surface area contributed by atoms with Gasteiger partial charge in [-0.2, -0.15) is 0 Å². The zero-order valence-corrected chi connectivity index (χ0v) is 18.2. The van der Waals surface area contributed by atoms with Crippen molar-refractivity contribution in [1.29, 1.82) is 0 Å². The van der Waals surface area contributed by atoms with Crippen LogP contribution in [-0.2, 0) is 9.53 Å². The van der Waals surface area contributed by atoms with Crippen LogP contribution in [0.2, 0.25) is 0 Å². The zero-order valence-electron chi connectivity index (χ0n) is 18.2. The number of hydrogen-bond donors (Lipinski definition) is 3. The number of alkyl halides is 2. The Morgan fingerprint density at radius 2 is 1.97 bits per heavy atom. The molecule has 0 aliphatic carbocycles. The van der Waals surface area contributed by atoms with Gasteiger partial charge in [0.15, 0.2) is 0 Å². The Morgan fingerprint density at radius 3 is 2.62 bits per heavy atom. The molecule has 0 radical (unpaired) electrons. The molecular formula is C22H27F2N5O3. The SMILES string of the molecule is COC[C@H](c1ccnc(NC(=O)[C@@H](N)c2cc(C)cc(C)c2)c1)N1CC(F)(F)CNC1=O. The number of ether oxygens (including phenoxy) is 1. The summed E-state index contributed by atoms with van der Waals surface area (Å²) in [6.45, 7) is 2.37. The largest absolute Gasteiger partial charge is 0.382 e. The van der Waals surface area contributed by atoms with E-state index >= 15 is 0 Å². The van der Waals surface area contributed by atoms with Gasteiger partial charge in [-0.25, -0.2) is 18.6 Å². The highest BCUT2D eigenvalue weighted by Crippen LogP contribution is 2.29. The quantitative estimate of drug-likeness (QED) is 0.605. The van der Waals surface area contributed by atoms with E-state index in [1.807, 2.05) is 32.0 Å². The number of rotatable bonds is 7. The standard InChI is InChI=1S/C22H27F2N5O3/c1-13-6-14(2)8-16(7-13)19(25)20(30)28-18-9-15(4-5-26-18)17(10-32-3)29-12-22(23,24)11-27-21(29)31/h4-9,17,19H,10-12,25H2,1-3H3,(H,27,31)(H,26,28,30)/t17-,19+/m1/s1. The molecule has 1 aromatic carbocycles. The van der Waals surface area contributed by atoms with E-state index in [-0.39, 0.29) is 12.4 Å². The highest BCUT2D eigenvalue weighted by atomic mass is 19.3. The van der Waals surface area contributed by atoms with Gasteiger partial charge in [-0.05, 0) is 37.1 Å². The van der Waals surface area contributed by atoms with Gasteiger partial charge in [-0.15, -0.1) is 0 Å². The van der Waals surface area contributed by atoms with Gasteiger partial charge in [0, 0.05) is 13.3 Å². The molecule has 0 unspecified atom stereocenters. The molecule has 1 fully saturated rings. The van der Waals surface area contributed by atoms with Crippen LogP contribution in [0.1, 0.15) is 34.3 Å². The number of benzene rings is 1. The minimum absolute atomic E-state index is 0.0109. The summed E-state index contributed by atoms with van der Waals surface area (Å²) in [5.74, 6) is -3.34. The summed E-state index contributed by atoms with van der Waals surface area (Å²) in [5, 5.41) is 4.86. The fourth-order valence-corrected chi connectivity index (χ4v) is 3.73. The summed E-state index contributed by atoms with van der Waals surface area (Å²) < 4.78 is 33.0. The summed E-state index contributed by atoms with van der Waals surface area (Å²) in [5.41, 5.74) is 9.26. The number of carbonyl (C=O) groups is 2. The van der Waals surface area contributed by atoms with Crippen LogP contribution in [0.5, 0.6) is 0 Å². The van der Waals surface area contributed by atoms with Crippen molar-refractivity contribution >= 4 is 17.8 Å². The van der Waals surface area contributed by atoms with E-state index in [9.17, 15) is 18.4 Å². The van der Waals surface area contributed by atoms with Crippen molar-refractivity contribution in [1.82, 2.24) is 15.2 Å². The lowest BCUT2D eigenvalue weighted by Crippen LogP contribution is -2.58. The Bertz CT molecular complexity index is 981. The Balaban J connectivity index is 1.81. The number of hydrogen-bond acceptors (Lipinski definition) is 5. The van der Waals surface area contributed by atoms with Gasteiger partial charge >= 0.3 is 6.03 Å². The third-order valence-corrected chi connectivity index (χ3v) is 5.17. The molecule has 3 amide bonds. The fraction of sp³-hybridized carbons (Fsp3) is 0.409. The molecule has 1 saturated heterocycles. The molecule has 1 aliphatic rings. The molecule has 0 saturated carbocycles. The average Bonchev–Trinajstić information content (AvgIpc) is 2.73. The molecule has 1 aliphatic heterocycles. The third-order valence-electron chi connectivity index (χ3n) is 5.17. The number of halogens is 2. The maximum atomic E-state index is 13.9. The van der Waals surface area contributed by atoms with E-state index in [4.69, 9.17) is 10.5 Å². The fourth-order valence-electron chi connectivity index (χ4n) is 3.73. The van der Waals surface area contributed by atoms with Gasteiger partial charge in [-0.1, -0.05) is 29.3 Å². The predicted molar refractivity (Wildman–Crippen MR) is 115 cm³/mol. The van der Waals surface area contributed by atoms with Gasteiger partial charge in [0.1, 0.15) is 11.9 Å². The molecule has 0 bridgehead atoms. The zero-order chi connectivity index (χ0) is 23.5. The van der Waals surface area contributed by atoms with Crippen LogP contribution < -0.4 is 16.4 Å². The molecule has 2 heterocycles. The van der Waals surface area contributed by atoms with Crippen LogP contribution in [0, 0.1) is 13.8 Å². The predicted octanol–water partition coefficient (Wildman–Crippen LogP) is 2.68. The van der Waals surface area contributed by atoms with Crippen molar-refractivity contribution in [2.75, 3.05) is 32.1 Å². The number of aromatic nitrogens is 1. The van der Waals surface area contributed by atoms with Crippen molar-refractivity contribution in [3.8, 4) is 0 Å². The smallest absolute Gasteiger partial charge is 0.318 e. The van der Waals surface area contributed by atoms with E-state index in [2.05, 4.69) is 15.6 Å². The monoisotopic (exact) mass is 447 g/mol. The van der Waals surface area contributed by atoms with Gasteiger partial charge in [0.25, 0.3) is 5.92 Å². The molecule has 2 atom stereocenters. The van der Waals surface area contributed by atoms with Crippen molar-refractivity contribution in [3.63, 3.8) is 0 Å². The van der Waals surface area contributed by atoms with Crippen LogP contribution in [0.3, 0.4) is 0 Å². The van der Waals surface area contributed by atoms with Crippen molar-refractivity contribution in [2.24, 2.45) is 5.73 Å². The summed E-state index contributed by atoms with van der Waals surface area (Å²) in [6.07, 6.45) is 1.43. The topological polar surface area (TPSA) is 110 Å². The highest BCUT2D eigenvalue weighted by Gasteiger charge is 2.42. The summed E-state index contributed by atoms with van der Waals surface area (Å²) in [4.78, 5) is 30.1. The minimum atomic E-state index is -3.07. The Labute approximate surface area is 185 Å². The highest BCUT2D eigenvalue weighted by molar-refractivity contribution is 5.94. The molecule has 3 rings (SSSR count). The van der Waals surface area contributed by atoms with E-state index in [1.54, 1.807) is 6.07 Å². The number of anilines is 1. The molecule has 2 aromatic rings. The van der Waals surface area contributed by atoms with Gasteiger partial charge in [0.2, 0.25) is 5.91 Å². The number of amides is 3. The Kier molecular flexibility index (Phi) is 7.05. The molecule has 8 nitrogen and oxygen atoms in total. The lowest BCUT2D eigenvalue weighted by Gasteiger charge is -2.38. The first kappa shape index (κ1) is 23.6. The second-order valence-corrected chi connectivity index (χ2v) is 7.98. The van der Waals surface area contributed by atoms with Crippen LogP contribution in [0.4, 0.5) is 19.4 Å². The molecule has 1 aromatic heterocycles. The van der Waals surface area contributed by atoms with Gasteiger partial charge < -0.3 is 26.0 Å². The summed E-state index contributed by atoms with van der Waals surface area (Å²) >= 11 is 0. The number of nitrogens with one attached hydrogen (secondary N) is 2. The molecule has 10 heteroatoms. The average molecular weight is 447 g/mol. The normalized spacial score (nSPS) is 17.4. The lowest BCUT2D eigenvalue weighted by atomic mass is 10.0. The number of nitrogens with two attached hydrogens (primary N) is 1.